The summed E-state index contributed by atoms with van der Waals surface area (Å²) in [6.45, 7) is 2.49. The van der Waals surface area contributed by atoms with Crippen LogP contribution in [-0.4, -0.2) is 24.0 Å². The molecule has 6 nitrogen and oxygen atoms in total. The van der Waals surface area contributed by atoms with E-state index >= 15 is 0 Å². The quantitative estimate of drug-likeness (QED) is 0.499. The largest absolute Gasteiger partial charge is 0.492 e. The zero-order valence-corrected chi connectivity index (χ0v) is 13.2. The van der Waals surface area contributed by atoms with E-state index in [2.05, 4.69) is 5.32 Å². The van der Waals surface area contributed by atoms with Gasteiger partial charge in [0, 0.05) is 12.1 Å². The first kappa shape index (κ1) is 16.8. The van der Waals surface area contributed by atoms with Crippen LogP contribution in [-0.2, 0) is 0 Å². The minimum Gasteiger partial charge on any atom is -0.492 e. The van der Waals surface area contributed by atoms with Gasteiger partial charge in [-0.2, -0.15) is 0 Å². The van der Waals surface area contributed by atoms with Crippen LogP contribution in [0.4, 0.5) is 5.69 Å². The third-order valence-electron chi connectivity index (χ3n) is 3.05. The zero-order chi connectivity index (χ0) is 16.8. The van der Waals surface area contributed by atoms with Gasteiger partial charge in [0.15, 0.2) is 0 Å². The van der Waals surface area contributed by atoms with Crippen molar-refractivity contribution < 1.29 is 14.5 Å². The third kappa shape index (κ3) is 4.69. The van der Waals surface area contributed by atoms with Crippen molar-refractivity contribution in [2.24, 2.45) is 0 Å². The van der Waals surface area contributed by atoms with E-state index in [4.69, 9.17) is 16.3 Å². The van der Waals surface area contributed by atoms with Crippen LogP contribution in [0.2, 0.25) is 5.02 Å². The Morgan fingerprint density at radius 3 is 2.78 bits per heavy atom. The number of nitrogens with one attached hydrogen (secondary N) is 1. The highest BCUT2D eigenvalue weighted by molar-refractivity contribution is 6.33. The van der Waals surface area contributed by atoms with Crippen LogP contribution in [0.3, 0.4) is 0 Å². The van der Waals surface area contributed by atoms with Crippen LogP contribution >= 0.6 is 11.6 Å². The Balaban J connectivity index is 1.90. The smallest absolute Gasteiger partial charge is 0.270 e. The lowest BCUT2D eigenvalue weighted by Crippen LogP contribution is -2.28. The Kier molecular flexibility index (Phi) is 5.54. The SMILES string of the molecule is Cc1cccc(OCCNC(=O)c2cc([N+](=O)[O-])ccc2Cl)c1. The number of carbonyl (C=O) groups is 1. The monoisotopic (exact) mass is 334 g/mol. The van der Waals surface area contributed by atoms with Crippen molar-refractivity contribution in [3.63, 3.8) is 0 Å². The number of carbonyl (C=O) groups excluding carboxylic acids is 1. The molecule has 0 saturated heterocycles. The molecule has 2 aromatic rings. The Morgan fingerprint density at radius 2 is 2.09 bits per heavy atom. The number of non-ortho nitro benzene ring substituents is 1. The number of rotatable bonds is 6. The number of hydrogen-bond donors (Lipinski definition) is 1. The fraction of sp³-hybridized carbons (Fsp3) is 0.188. The minimum atomic E-state index is -0.575. The Labute approximate surface area is 138 Å². The summed E-state index contributed by atoms with van der Waals surface area (Å²) in [5.74, 6) is 0.235. The molecule has 0 unspecified atom stereocenters. The fourth-order valence-corrected chi connectivity index (χ4v) is 2.14. The summed E-state index contributed by atoms with van der Waals surface area (Å²) in [5.41, 5.74) is 0.960. The summed E-state index contributed by atoms with van der Waals surface area (Å²) in [5, 5.41) is 13.5. The molecule has 23 heavy (non-hydrogen) atoms. The van der Waals surface area contributed by atoms with Gasteiger partial charge in [0.25, 0.3) is 11.6 Å². The molecule has 0 aliphatic heterocycles. The second kappa shape index (κ2) is 7.60. The molecule has 0 radical (unpaired) electrons. The average Bonchev–Trinajstić information content (AvgIpc) is 2.51. The van der Waals surface area contributed by atoms with Crippen LogP contribution < -0.4 is 10.1 Å². The van der Waals surface area contributed by atoms with Gasteiger partial charge in [0.2, 0.25) is 0 Å². The summed E-state index contributed by atoms with van der Waals surface area (Å²) in [4.78, 5) is 22.2. The molecule has 0 saturated carbocycles. The second-order valence-electron chi connectivity index (χ2n) is 4.84. The zero-order valence-electron chi connectivity index (χ0n) is 12.4. The second-order valence-corrected chi connectivity index (χ2v) is 5.25. The van der Waals surface area contributed by atoms with Gasteiger partial charge in [-0.25, -0.2) is 0 Å². The van der Waals surface area contributed by atoms with Crippen molar-refractivity contribution in [3.8, 4) is 5.75 Å². The molecule has 1 N–H and O–H groups in total. The summed E-state index contributed by atoms with van der Waals surface area (Å²) in [7, 11) is 0. The van der Waals surface area contributed by atoms with Gasteiger partial charge in [0.05, 0.1) is 22.1 Å². The summed E-state index contributed by atoms with van der Waals surface area (Å²) in [6.07, 6.45) is 0. The molecule has 0 aliphatic rings. The molecular weight excluding hydrogens is 320 g/mol. The number of aryl methyl sites for hydroxylation is 1. The molecule has 2 rings (SSSR count). The number of hydrogen-bond acceptors (Lipinski definition) is 4. The van der Waals surface area contributed by atoms with E-state index in [1.165, 1.54) is 12.1 Å². The molecule has 0 aromatic heterocycles. The average molecular weight is 335 g/mol. The van der Waals surface area contributed by atoms with Crippen molar-refractivity contribution in [3.05, 3.63) is 68.7 Å². The number of nitrogens with zero attached hydrogens (tertiary/aromatic N) is 1. The summed E-state index contributed by atoms with van der Waals surface area (Å²) >= 11 is 5.91. The molecular formula is C16H15ClN2O4. The van der Waals surface area contributed by atoms with Crippen LogP contribution in [0, 0.1) is 17.0 Å². The van der Waals surface area contributed by atoms with E-state index in [0.29, 0.717) is 5.75 Å². The number of nitro benzene ring substituents is 1. The van der Waals surface area contributed by atoms with Crippen molar-refractivity contribution >= 4 is 23.2 Å². The molecule has 0 heterocycles. The van der Waals surface area contributed by atoms with E-state index in [0.717, 1.165) is 11.6 Å². The lowest BCUT2D eigenvalue weighted by molar-refractivity contribution is -0.384. The highest BCUT2D eigenvalue weighted by atomic mass is 35.5. The number of halogens is 1. The third-order valence-corrected chi connectivity index (χ3v) is 3.38. The predicted molar refractivity (Wildman–Crippen MR) is 87.1 cm³/mol. The maximum absolute atomic E-state index is 12.0. The van der Waals surface area contributed by atoms with E-state index in [9.17, 15) is 14.9 Å². The van der Waals surface area contributed by atoms with Crippen molar-refractivity contribution in [1.82, 2.24) is 5.32 Å². The number of ether oxygens (including phenoxy) is 1. The van der Waals surface area contributed by atoms with Crippen LogP contribution in [0.1, 0.15) is 15.9 Å². The van der Waals surface area contributed by atoms with Crippen molar-refractivity contribution in [1.29, 1.82) is 0 Å². The van der Waals surface area contributed by atoms with Crippen LogP contribution in [0.25, 0.3) is 0 Å². The maximum atomic E-state index is 12.0. The Morgan fingerprint density at radius 1 is 1.30 bits per heavy atom. The van der Waals surface area contributed by atoms with E-state index in [1.807, 2.05) is 31.2 Å². The number of amides is 1. The normalized spacial score (nSPS) is 10.2. The van der Waals surface area contributed by atoms with Gasteiger partial charge >= 0.3 is 0 Å². The first-order valence-corrected chi connectivity index (χ1v) is 7.27. The molecule has 0 aliphatic carbocycles. The molecule has 0 spiro atoms. The van der Waals surface area contributed by atoms with Gasteiger partial charge in [0.1, 0.15) is 12.4 Å². The molecule has 1 amide bonds. The molecule has 0 bridgehead atoms. The highest BCUT2D eigenvalue weighted by Crippen LogP contribution is 2.21. The summed E-state index contributed by atoms with van der Waals surface area (Å²) < 4.78 is 5.51. The van der Waals surface area contributed by atoms with Crippen LogP contribution in [0.5, 0.6) is 5.75 Å². The Bertz CT molecular complexity index is 734. The number of nitro groups is 1. The fourth-order valence-electron chi connectivity index (χ4n) is 1.93. The highest BCUT2D eigenvalue weighted by Gasteiger charge is 2.15. The topological polar surface area (TPSA) is 81.5 Å². The van der Waals surface area contributed by atoms with Gasteiger partial charge in [-0.05, 0) is 30.7 Å². The molecule has 120 valence electrons. The van der Waals surface area contributed by atoms with Gasteiger partial charge in [-0.3, -0.25) is 14.9 Å². The van der Waals surface area contributed by atoms with Crippen LogP contribution in [0.15, 0.2) is 42.5 Å². The lowest BCUT2D eigenvalue weighted by Gasteiger charge is -2.09. The van der Waals surface area contributed by atoms with Crippen molar-refractivity contribution in [2.75, 3.05) is 13.2 Å². The standard InChI is InChI=1S/C16H15ClN2O4/c1-11-3-2-4-13(9-11)23-8-7-18-16(20)14-10-12(19(21)22)5-6-15(14)17/h2-6,9-10H,7-8H2,1H3,(H,18,20). The van der Waals surface area contributed by atoms with Gasteiger partial charge in [-0.15, -0.1) is 0 Å². The first-order chi connectivity index (χ1) is 11.0. The first-order valence-electron chi connectivity index (χ1n) is 6.89. The molecule has 2 aromatic carbocycles. The van der Waals surface area contributed by atoms with Gasteiger partial charge in [-0.1, -0.05) is 23.7 Å². The Hall–Kier alpha value is -2.60. The summed E-state index contributed by atoms with van der Waals surface area (Å²) in [6, 6.07) is 11.3. The lowest BCUT2D eigenvalue weighted by atomic mass is 10.2. The number of benzene rings is 2. The van der Waals surface area contributed by atoms with E-state index in [-0.39, 0.29) is 29.4 Å². The maximum Gasteiger partial charge on any atom is 0.270 e. The minimum absolute atomic E-state index is 0.0661. The van der Waals surface area contributed by atoms with Crippen molar-refractivity contribution in [2.45, 2.75) is 6.92 Å². The molecule has 0 atom stereocenters. The predicted octanol–water partition coefficient (Wildman–Crippen LogP) is 3.37. The van der Waals surface area contributed by atoms with E-state index < -0.39 is 10.8 Å². The van der Waals surface area contributed by atoms with Gasteiger partial charge < -0.3 is 10.1 Å². The van der Waals surface area contributed by atoms with E-state index in [1.54, 1.807) is 0 Å². The molecule has 7 heteroatoms. The molecule has 0 fully saturated rings.